The second kappa shape index (κ2) is 7.04. The van der Waals surface area contributed by atoms with E-state index in [0.717, 1.165) is 24.2 Å². The topological polar surface area (TPSA) is 24.9 Å². The van der Waals surface area contributed by atoms with Crippen molar-refractivity contribution in [3.8, 4) is 0 Å². The van der Waals surface area contributed by atoms with Gasteiger partial charge in [-0.05, 0) is 68.2 Å². The van der Waals surface area contributed by atoms with Crippen LogP contribution in [-0.4, -0.2) is 18.1 Å². The first-order valence-corrected chi connectivity index (χ1v) is 7.77. The van der Waals surface area contributed by atoms with Crippen molar-refractivity contribution in [2.75, 3.05) is 7.05 Å². The van der Waals surface area contributed by atoms with Crippen molar-refractivity contribution in [3.05, 3.63) is 30.1 Å². The van der Waals surface area contributed by atoms with E-state index in [0.29, 0.717) is 6.04 Å². The van der Waals surface area contributed by atoms with Gasteiger partial charge in [-0.25, -0.2) is 0 Å². The molecule has 4 atom stereocenters. The number of nitrogens with zero attached hydrogens (tertiary/aromatic N) is 1. The summed E-state index contributed by atoms with van der Waals surface area (Å²) in [4.78, 5) is 4.09. The molecule has 1 aromatic rings. The number of hydrogen-bond donors (Lipinski definition) is 1. The molecule has 0 aliphatic heterocycles. The van der Waals surface area contributed by atoms with Gasteiger partial charge in [0.1, 0.15) is 0 Å². The highest BCUT2D eigenvalue weighted by Gasteiger charge is 2.29. The molecule has 1 heterocycles. The van der Waals surface area contributed by atoms with Gasteiger partial charge in [-0.3, -0.25) is 4.98 Å². The first kappa shape index (κ1) is 14.5. The van der Waals surface area contributed by atoms with Gasteiger partial charge >= 0.3 is 0 Å². The second-order valence-corrected chi connectivity index (χ2v) is 6.32. The second-order valence-electron chi connectivity index (χ2n) is 6.32. The normalized spacial score (nSPS) is 29.1. The Morgan fingerprint density at radius 2 is 1.95 bits per heavy atom. The Morgan fingerprint density at radius 3 is 2.58 bits per heavy atom. The van der Waals surface area contributed by atoms with Crippen molar-refractivity contribution in [3.63, 3.8) is 0 Å². The minimum Gasteiger partial charge on any atom is -0.317 e. The zero-order valence-electron chi connectivity index (χ0n) is 12.6. The first-order valence-electron chi connectivity index (χ1n) is 7.77. The lowest BCUT2D eigenvalue weighted by molar-refractivity contribution is 0.170. The van der Waals surface area contributed by atoms with Crippen LogP contribution in [0.3, 0.4) is 0 Å². The number of hydrogen-bond acceptors (Lipinski definition) is 2. The summed E-state index contributed by atoms with van der Waals surface area (Å²) in [6.45, 7) is 4.83. The third-order valence-corrected chi connectivity index (χ3v) is 5.07. The molecule has 0 radical (unpaired) electrons. The van der Waals surface area contributed by atoms with Gasteiger partial charge in [0.15, 0.2) is 0 Å². The van der Waals surface area contributed by atoms with E-state index < -0.39 is 0 Å². The van der Waals surface area contributed by atoms with Crippen LogP contribution in [0.5, 0.6) is 0 Å². The van der Waals surface area contributed by atoms with E-state index in [2.05, 4.69) is 43.3 Å². The van der Waals surface area contributed by atoms with E-state index in [1.165, 1.54) is 31.2 Å². The van der Waals surface area contributed by atoms with Gasteiger partial charge in [-0.2, -0.15) is 0 Å². The van der Waals surface area contributed by atoms with Gasteiger partial charge in [0.05, 0.1) is 0 Å². The summed E-state index contributed by atoms with van der Waals surface area (Å²) >= 11 is 0. The fourth-order valence-electron chi connectivity index (χ4n) is 3.44. The van der Waals surface area contributed by atoms with Gasteiger partial charge in [-0.1, -0.05) is 20.3 Å². The Bertz CT molecular complexity index is 363. The maximum atomic E-state index is 4.09. The molecule has 1 fully saturated rings. The van der Waals surface area contributed by atoms with Crippen molar-refractivity contribution >= 4 is 0 Å². The Morgan fingerprint density at radius 1 is 1.21 bits per heavy atom. The molecule has 0 bridgehead atoms. The lowest BCUT2D eigenvalue weighted by Crippen LogP contribution is -2.38. The molecule has 19 heavy (non-hydrogen) atoms. The number of aryl methyl sites for hydroxylation is 1. The summed E-state index contributed by atoms with van der Waals surface area (Å²) < 4.78 is 0. The Kier molecular flexibility index (Phi) is 5.38. The molecule has 1 N–H and O–H groups in total. The standard InChI is InChI=1S/C17H28N2/c1-13-4-6-16(12-14(13)2)17(18-3)7-5-15-8-10-19-11-9-15/h8-11,13-14,16-18H,4-7,12H2,1-3H3. The Labute approximate surface area is 118 Å². The number of rotatable bonds is 5. The predicted molar refractivity (Wildman–Crippen MR) is 81.1 cm³/mol. The van der Waals surface area contributed by atoms with Crippen molar-refractivity contribution in [1.82, 2.24) is 10.3 Å². The van der Waals surface area contributed by atoms with Crippen molar-refractivity contribution < 1.29 is 0 Å². The van der Waals surface area contributed by atoms with Gasteiger partial charge in [-0.15, -0.1) is 0 Å². The molecule has 2 nitrogen and oxygen atoms in total. The molecule has 4 unspecified atom stereocenters. The van der Waals surface area contributed by atoms with Crippen LogP contribution in [0.4, 0.5) is 0 Å². The number of pyridine rings is 1. The monoisotopic (exact) mass is 260 g/mol. The lowest BCUT2D eigenvalue weighted by Gasteiger charge is -2.36. The predicted octanol–water partition coefficient (Wildman–Crippen LogP) is 3.67. The minimum absolute atomic E-state index is 0.670. The SMILES string of the molecule is CNC(CCc1ccncc1)C1CCC(C)C(C)C1. The van der Waals surface area contributed by atoms with E-state index in [9.17, 15) is 0 Å². The highest BCUT2D eigenvalue weighted by atomic mass is 14.9. The summed E-state index contributed by atoms with van der Waals surface area (Å²) in [6, 6.07) is 4.94. The molecule has 1 aromatic heterocycles. The molecule has 106 valence electrons. The zero-order chi connectivity index (χ0) is 13.7. The molecule has 2 heteroatoms. The van der Waals surface area contributed by atoms with Crippen LogP contribution in [0.25, 0.3) is 0 Å². The van der Waals surface area contributed by atoms with E-state index in [4.69, 9.17) is 0 Å². The van der Waals surface area contributed by atoms with E-state index in [-0.39, 0.29) is 0 Å². The molecule has 0 aromatic carbocycles. The van der Waals surface area contributed by atoms with Crippen LogP contribution >= 0.6 is 0 Å². The maximum absolute atomic E-state index is 4.09. The average Bonchev–Trinajstić information content (AvgIpc) is 2.44. The van der Waals surface area contributed by atoms with Crippen molar-refractivity contribution in [2.24, 2.45) is 17.8 Å². The smallest absolute Gasteiger partial charge is 0.0270 e. The molecule has 2 rings (SSSR count). The highest BCUT2D eigenvalue weighted by molar-refractivity contribution is 5.10. The average molecular weight is 260 g/mol. The summed E-state index contributed by atoms with van der Waals surface area (Å²) in [6.07, 6.45) is 10.4. The minimum atomic E-state index is 0.670. The van der Waals surface area contributed by atoms with Gasteiger partial charge in [0.25, 0.3) is 0 Å². The molecule has 0 saturated heterocycles. The molecule has 0 amide bonds. The van der Waals surface area contributed by atoms with Crippen LogP contribution in [0.15, 0.2) is 24.5 Å². The highest BCUT2D eigenvalue weighted by Crippen LogP contribution is 2.35. The summed E-state index contributed by atoms with van der Waals surface area (Å²) in [5, 5.41) is 3.56. The lowest BCUT2D eigenvalue weighted by atomic mass is 9.72. The first-order chi connectivity index (χ1) is 9.20. The van der Waals surface area contributed by atoms with Crippen molar-refractivity contribution in [2.45, 2.75) is 52.0 Å². The Hall–Kier alpha value is -0.890. The molecule has 1 aliphatic rings. The van der Waals surface area contributed by atoms with E-state index in [1.54, 1.807) is 0 Å². The van der Waals surface area contributed by atoms with Crippen LogP contribution in [0.1, 0.15) is 45.1 Å². The van der Waals surface area contributed by atoms with Crippen molar-refractivity contribution in [1.29, 1.82) is 0 Å². The number of aromatic nitrogens is 1. The molecule has 0 spiro atoms. The number of nitrogens with one attached hydrogen (secondary N) is 1. The van der Waals surface area contributed by atoms with E-state index >= 15 is 0 Å². The van der Waals surface area contributed by atoms with E-state index in [1.807, 2.05) is 12.4 Å². The fourth-order valence-corrected chi connectivity index (χ4v) is 3.44. The maximum Gasteiger partial charge on any atom is 0.0270 e. The fraction of sp³-hybridized carbons (Fsp3) is 0.706. The van der Waals surface area contributed by atoms with Crippen LogP contribution in [0.2, 0.25) is 0 Å². The molecular formula is C17H28N2. The zero-order valence-corrected chi connectivity index (χ0v) is 12.6. The van der Waals surface area contributed by atoms with Gasteiger partial charge in [0.2, 0.25) is 0 Å². The summed E-state index contributed by atoms with van der Waals surface area (Å²) in [7, 11) is 2.12. The third kappa shape index (κ3) is 4.04. The summed E-state index contributed by atoms with van der Waals surface area (Å²) in [5.74, 6) is 2.66. The third-order valence-electron chi connectivity index (χ3n) is 5.07. The molecular weight excluding hydrogens is 232 g/mol. The molecule has 1 aliphatic carbocycles. The van der Waals surface area contributed by atoms with Crippen LogP contribution in [-0.2, 0) is 6.42 Å². The quantitative estimate of drug-likeness (QED) is 0.873. The van der Waals surface area contributed by atoms with Crippen LogP contribution < -0.4 is 5.32 Å². The largest absolute Gasteiger partial charge is 0.317 e. The molecule has 1 saturated carbocycles. The van der Waals surface area contributed by atoms with Gasteiger partial charge in [0, 0.05) is 18.4 Å². The summed E-state index contributed by atoms with van der Waals surface area (Å²) in [5.41, 5.74) is 1.41. The van der Waals surface area contributed by atoms with Crippen LogP contribution in [0, 0.1) is 17.8 Å². The van der Waals surface area contributed by atoms with Gasteiger partial charge < -0.3 is 5.32 Å². The Balaban J connectivity index is 1.86.